The van der Waals surface area contributed by atoms with Crippen molar-refractivity contribution in [1.29, 1.82) is 0 Å². The standard InChI is InChI=1S/C16H11Cl3FNO3/c17-9-5-10(18)12(20)4-8(9)16(22)21-13-7-15-14(6-11(13)19)23-2-1-3-24-15/h4-7H,1-3H2,(H,21,22). The number of fused-ring (bicyclic) bond motifs is 1. The minimum absolute atomic E-state index is 0.0318. The van der Waals surface area contributed by atoms with Crippen molar-refractivity contribution in [1.82, 2.24) is 0 Å². The van der Waals surface area contributed by atoms with Crippen molar-refractivity contribution in [3.05, 3.63) is 50.7 Å². The number of ether oxygens (including phenoxy) is 2. The molecule has 126 valence electrons. The monoisotopic (exact) mass is 389 g/mol. The molecule has 0 atom stereocenters. The Labute approximate surface area is 152 Å². The van der Waals surface area contributed by atoms with Crippen molar-refractivity contribution in [2.75, 3.05) is 18.5 Å². The highest BCUT2D eigenvalue weighted by molar-refractivity contribution is 6.38. The van der Waals surface area contributed by atoms with E-state index in [0.29, 0.717) is 30.4 Å². The molecular weight excluding hydrogens is 380 g/mol. The lowest BCUT2D eigenvalue weighted by Crippen LogP contribution is -2.13. The smallest absolute Gasteiger partial charge is 0.257 e. The van der Waals surface area contributed by atoms with Gasteiger partial charge < -0.3 is 14.8 Å². The summed E-state index contributed by atoms with van der Waals surface area (Å²) >= 11 is 17.7. The van der Waals surface area contributed by atoms with E-state index >= 15 is 0 Å². The highest BCUT2D eigenvalue weighted by atomic mass is 35.5. The number of carbonyl (C=O) groups excluding carboxylic acids is 1. The van der Waals surface area contributed by atoms with E-state index in [0.717, 1.165) is 12.5 Å². The van der Waals surface area contributed by atoms with Gasteiger partial charge in [0, 0.05) is 18.6 Å². The van der Waals surface area contributed by atoms with Crippen LogP contribution in [0.25, 0.3) is 0 Å². The summed E-state index contributed by atoms with van der Waals surface area (Å²) in [6, 6.07) is 5.25. The molecule has 0 radical (unpaired) electrons. The van der Waals surface area contributed by atoms with Crippen LogP contribution >= 0.6 is 34.8 Å². The van der Waals surface area contributed by atoms with Crippen LogP contribution in [0.2, 0.25) is 15.1 Å². The molecule has 3 rings (SSSR count). The molecule has 0 saturated heterocycles. The number of amides is 1. The maximum Gasteiger partial charge on any atom is 0.257 e. The molecule has 2 aromatic rings. The maximum absolute atomic E-state index is 13.6. The van der Waals surface area contributed by atoms with Gasteiger partial charge in [-0.05, 0) is 12.1 Å². The van der Waals surface area contributed by atoms with E-state index in [4.69, 9.17) is 44.3 Å². The second kappa shape index (κ2) is 7.05. The van der Waals surface area contributed by atoms with Gasteiger partial charge in [0.05, 0.1) is 39.5 Å². The first-order valence-corrected chi connectivity index (χ1v) is 8.14. The zero-order chi connectivity index (χ0) is 17.3. The molecule has 0 fully saturated rings. The molecule has 4 nitrogen and oxygen atoms in total. The molecule has 0 aliphatic carbocycles. The molecule has 1 N–H and O–H groups in total. The number of hydrogen-bond donors (Lipinski definition) is 1. The van der Waals surface area contributed by atoms with Crippen molar-refractivity contribution in [3.63, 3.8) is 0 Å². The summed E-state index contributed by atoms with van der Waals surface area (Å²) in [4.78, 5) is 12.4. The second-order valence-electron chi connectivity index (χ2n) is 5.03. The second-order valence-corrected chi connectivity index (χ2v) is 6.25. The number of benzene rings is 2. The predicted molar refractivity (Wildman–Crippen MR) is 91.4 cm³/mol. The number of hydrogen-bond acceptors (Lipinski definition) is 3. The summed E-state index contributed by atoms with van der Waals surface area (Å²) in [6.07, 6.45) is 0.744. The molecule has 0 spiro atoms. The first kappa shape index (κ1) is 17.1. The van der Waals surface area contributed by atoms with Gasteiger partial charge in [-0.2, -0.15) is 0 Å². The number of rotatable bonds is 2. The molecule has 0 unspecified atom stereocenters. The number of halogens is 4. The van der Waals surface area contributed by atoms with Gasteiger partial charge in [0.2, 0.25) is 0 Å². The molecule has 1 aliphatic rings. The Balaban J connectivity index is 1.90. The lowest BCUT2D eigenvalue weighted by molar-refractivity contribution is 0.102. The summed E-state index contributed by atoms with van der Waals surface area (Å²) in [6.45, 7) is 1.02. The predicted octanol–water partition coefficient (Wildman–Crippen LogP) is 5.20. The molecular formula is C16H11Cl3FNO3. The average Bonchev–Trinajstić information content (AvgIpc) is 2.76. The molecule has 0 bridgehead atoms. The number of anilines is 1. The van der Waals surface area contributed by atoms with Crippen LogP contribution in [0, 0.1) is 5.82 Å². The maximum atomic E-state index is 13.6. The van der Waals surface area contributed by atoms with Gasteiger partial charge in [0.25, 0.3) is 5.91 Å². The molecule has 1 amide bonds. The van der Waals surface area contributed by atoms with Crippen LogP contribution in [0.3, 0.4) is 0 Å². The van der Waals surface area contributed by atoms with Gasteiger partial charge in [-0.3, -0.25) is 4.79 Å². The normalized spacial score (nSPS) is 13.3. The Morgan fingerprint density at radius 3 is 2.33 bits per heavy atom. The third-order valence-electron chi connectivity index (χ3n) is 3.34. The van der Waals surface area contributed by atoms with Crippen molar-refractivity contribution in [2.24, 2.45) is 0 Å². The molecule has 2 aromatic carbocycles. The van der Waals surface area contributed by atoms with Crippen molar-refractivity contribution >= 4 is 46.4 Å². The molecule has 0 aromatic heterocycles. The summed E-state index contributed by atoms with van der Waals surface area (Å²) in [5.41, 5.74) is 0.249. The van der Waals surface area contributed by atoms with Gasteiger partial charge >= 0.3 is 0 Å². The third kappa shape index (κ3) is 3.53. The van der Waals surface area contributed by atoms with E-state index in [1.807, 2.05) is 0 Å². The van der Waals surface area contributed by atoms with Crippen LogP contribution < -0.4 is 14.8 Å². The van der Waals surface area contributed by atoms with Crippen molar-refractivity contribution in [2.45, 2.75) is 6.42 Å². The van der Waals surface area contributed by atoms with Crippen LogP contribution in [-0.2, 0) is 0 Å². The third-order valence-corrected chi connectivity index (χ3v) is 4.26. The van der Waals surface area contributed by atoms with Crippen molar-refractivity contribution in [3.8, 4) is 11.5 Å². The Morgan fingerprint density at radius 1 is 0.958 bits per heavy atom. The van der Waals surface area contributed by atoms with Gasteiger partial charge in [-0.1, -0.05) is 34.8 Å². The lowest BCUT2D eigenvalue weighted by Gasteiger charge is -2.13. The summed E-state index contributed by atoms with van der Waals surface area (Å²) in [5.74, 6) is -0.380. The van der Waals surface area contributed by atoms with Gasteiger partial charge in [-0.25, -0.2) is 4.39 Å². The van der Waals surface area contributed by atoms with Crippen LogP contribution in [0.1, 0.15) is 16.8 Å². The molecule has 24 heavy (non-hydrogen) atoms. The fourth-order valence-corrected chi connectivity index (χ4v) is 2.84. The number of carbonyl (C=O) groups is 1. The van der Waals surface area contributed by atoms with E-state index < -0.39 is 11.7 Å². The Hall–Kier alpha value is -1.69. The first-order chi connectivity index (χ1) is 11.5. The van der Waals surface area contributed by atoms with E-state index in [-0.39, 0.29) is 20.6 Å². The average molecular weight is 391 g/mol. The fourth-order valence-electron chi connectivity index (χ4n) is 2.17. The van der Waals surface area contributed by atoms with Crippen LogP contribution in [-0.4, -0.2) is 19.1 Å². The van der Waals surface area contributed by atoms with Crippen LogP contribution in [0.15, 0.2) is 24.3 Å². The van der Waals surface area contributed by atoms with E-state index in [1.165, 1.54) is 6.07 Å². The summed E-state index contributed by atoms with van der Waals surface area (Å²) in [5, 5.41) is 2.72. The van der Waals surface area contributed by atoms with Gasteiger partial charge in [0.15, 0.2) is 11.5 Å². The largest absolute Gasteiger partial charge is 0.490 e. The molecule has 8 heteroatoms. The molecule has 1 aliphatic heterocycles. The van der Waals surface area contributed by atoms with Gasteiger partial charge in [0.1, 0.15) is 5.82 Å². The zero-order valence-electron chi connectivity index (χ0n) is 12.2. The summed E-state index contributed by atoms with van der Waals surface area (Å²) < 4.78 is 24.6. The fraction of sp³-hybridized carbons (Fsp3) is 0.188. The first-order valence-electron chi connectivity index (χ1n) is 7.01. The number of nitrogens with one attached hydrogen (secondary N) is 1. The van der Waals surface area contributed by atoms with Gasteiger partial charge in [-0.15, -0.1) is 0 Å². The lowest BCUT2D eigenvalue weighted by atomic mass is 10.2. The minimum atomic E-state index is -0.740. The summed E-state index contributed by atoms with van der Waals surface area (Å²) in [7, 11) is 0. The van der Waals surface area contributed by atoms with E-state index in [1.54, 1.807) is 12.1 Å². The van der Waals surface area contributed by atoms with E-state index in [9.17, 15) is 9.18 Å². The SMILES string of the molecule is O=C(Nc1cc2c(cc1Cl)OCCCO2)c1cc(F)c(Cl)cc1Cl. The highest BCUT2D eigenvalue weighted by Gasteiger charge is 2.18. The Kier molecular flexibility index (Phi) is 5.04. The van der Waals surface area contributed by atoms with Crippen LogP contribution in [0.5, 0.6) is 11.5 Å². The molecule has 0 saturated carbocycles. The highest BCUT2D eigenvalue weighted by Crippen LogP contribution is 2.38. The van der Waals surface area contributed by atoms with Crippen molar-refractivity contribution < 1.29 is 18.7 Å². The molecule has 1 heterocycles. The quantitative estimate of drug-likeness (QED) is 0.717. The zero-order valence-corrected chi connectivity index (χ0v) is 14.4. The Morgan fingerprint density at radius 2 is 1.62 bits per heavy atom. The van der Waals surface area contributed by atoms with Crippen LogP contribution in [0.4, 0.5) is 10.1 Å². The Bertz CT molecular complexity index is 814. The topological polar surface area (TPSA) is 47.6 Å². The van der Waals surface area contributed by atoms with E-state index in [2.05, 4.69) is 5.32 Å². The minimum Gasteiger partial charge on any atom is -0.490 e.